The maximum atomic E-state index is 12.7. The average Bonchev–Trinajstić information content (AvgIpc) is 3.16. The van der Waals surface area contributed by atoms with E-state index in [0.717, 1.165) is 37.3 Å². The molecule has 4 nitrogen and oxygen atoms in total. The summed E-state index contributed by atoms with van der Waals surface area (Å²) in [5.41, 5.74) is 2.37. The minimum absolute atomic E-state index is 0.0184. The zero-order valence-electron chi connectivity index (χ0n) is 14.9. The zero-order chi connectivity index (χ0) is 17.9. The van der Waals surface area contributed by atoms with Gasteiger partial charge in [-0.1, -0.05) is 29.8 Å². The highest BCUT2D eigenvalue weighted by Crippen LogP contribution is 2.31. The first-order valence-electron chi connectivity index (χ1n) is 9.11. The van der Waals surface area contributed by atoms with E-state index >= 15 is 0 Å². The van der Waals surface area contributed by atoms with Crippen molar-refractivity contribution in [3.63, 3.8) is 0 Å². The number of piperidine rings is 1. The molecule has 5 heteroatoms. The molecule has 1 atom stereocenters. The van der Waals surface area contributed by atoms with Crippen LogP contribution in [-0.2, 0) is 11.3 Å². The molecule has 1 amide bonds. The van der Waals surface area contributed by atoms with Crippen LogP contribution in [-0.4, -0.2) is 24.0 Å². The first kappa shape index (κ1) is 17.0. The molecule has 1 aromatic carbocycles. The zero-order valence-corrected chi connectivity index (χ0v) is 15.8. The van der Waals surface area contributed by atoms with Gasteiger partial charge in [-0.25, -0.2) is 4.98 Å². The number of benzene rings is 1. The van der Waals surface area contributed by atoms with Gasteiger partial charge < -0.3 is 10.2 Å². The van der Waals surface area contributed by atoms with E-state index in [4.69, 9.17) is 0 Å². The number of anilines is 1. The molecule has 1 unspecified atom stereocenters. The first-order valence-corrected chi connectivity index (χ1v) is 9.99. The Balaban J connectivity index is 1.42. The van der Waals surface area contributed by atoms with Gasteiger partial charge >= 0.3 is 0 Å². The molecule has 0 spiro atoms. The molecule has 1 fully saturated rings. The van der Waals surface area contributed by atoms with Crippen LogP contribution in [0.5, 0.6) is 0 Å². The molecule has 26 heavy (non-hydrogen) atoms. The predicted octanol–water partition coefficient (Wildman–Crippen LogP) is 4.14. The molecule has 1 N–H and O–H groups in total. The van der Waals surface area contributed by atoms with Crippen molar-refractivity contribution in [1.29, 1.82) is 0 Å². The number of carbonyl (C=O) groups is 1. The van der Waals surface area contributed by atoms with Gasteiger partial charge in [0, 0.05) is 35.9 Å². The number of hydrogen-bond donors (Lipinski definition) is 1. The summed E-state index contributed by atoms with van der Waals surface area (Å²) in [5, 5.41) is 6.40. The Labute approximate surface area is 157 Å². The van der Waals surface area contributed by atoms with Gasteiger partial charge in [0.15, 0.2) is 0 Å². The highest BCUT2D eigenvalue weighted by Gasteiger charge is 2.27. The second-order valence-corrected chi connectivity index (χ2v) is 7.90. The Bertz CT molecular complexity index is 903. The Morgan fingerprint density at radius 2 is 2.12 bits per heavy atom. The lowest BCUT2D eigenvalue weighted by molar-refractivity contribution is -0.125. The summed E-state index contributed by atoms with van der Waals surface area (Å²) < 4.78 is 1.25. The highest BCUT2D eigenvalue weighted by molar-refractivity contribution is 7.17. The van der Waals surface area contributed by atoms with Crippen molar-refractivity contribution in [3.8, 4) is 0 Å². The maximum Gasteiger partial charge on any atom is 0.225 e. The fourth-order valence-electron chi connectivity index (χ4n) is 3.55. The van der Waals surface area contributed by atoms with Gasteiger partial charge in [0.05, 0.1) is 5.92 Å². The quantitative estimate of drug-likeness (QED) is 0.756. The maximum absolute atomic E-state index is 12.7. The number of carbonyl (C=O) groups excluding carboxylic acids is 1. The number of nitrogens with zero attached hydrogens (tertiary/aromatic N) is 2. The van der Waals surface area contributed by atoms with E-state index in [9.17, 15) is 4.79 Å². The van der Waals surface area contributed by atoms with E-state index < -0.39 is 0 Å². The van der Waals surface area contributed by atoms with E-state index in [0.29, 0.717) is 6.54 Å². The summed E-state index contributed by atoms with van der Waals surface area (Å²) in [7, 11) is 0. The molecule has 1 aliphatic rings. The molecule has 3 aromatic rings. The number of nitrogens with one attached hydrogen (secondary N) is 1. The lowest BCUT2D eigenvalue weighted by Crippen LogP contribution is -2.43. The minimum Gasteiger partial charge on any atom is -0.355 e. The number of amides is 1. The van der Waals surface area contributed by atoms with Gasteiger partial charge in [-0.05, 0) is 42.8 Å². The van der Waals surface area contributed by atoms with Gasteiger partial charge in [0.2, 0.25) is 5.91 Å². The second-order valence-electron chi connectivity index (χ2n) is 6.96. The first-order chi connectivity index (χ1) is 12.7. The number of rotatable bonds is 4. The van der Waals surface area contributed by atoms with Crippen molar-refractivity contribution in [2.24, 2.45) is 5.92 Å². The fraction of sp³-hybridized carbons (Fsp3) is 0.333. The number of thiophene rings is 1. The predicted molar refractivity (Wildman–Crippen MR) is 108 cm³/mol. The minimum atomic E-state index is 0.0184. The average molecular weight is 366 g/mol. The number of fused-ring (bicyclic) bond motifs is 1. The van der Waals surface area contributed by atoms with E-state index in [1.54, 1.807) is 11.3 Å². The van der Waals surface area contributed by atoms with E-state index in [2.05, 4.69) is 63.9 Å². The Morgan fingerprint density at radius 3 is 2.96 bits per heavy atom. The van der Waals surface area contributed by atoms with Crippen molar-refractivity contribution in [2.45, 2.75) is 26.3 Å². The summed E-state index contributed by atoms with van der Waals surface area (Å²) in [6.07, 6.45) is 3.83. The number of hydrogen-bond acceptors (Lipinski definition) is 4. The van der Waals surface area contributed by atoms with Gasteiger partial charge in [-0.3, -0.25) is 4.79 Å². The summed E-state index contributed by atoms with van der Waals surface area (Å²) in [4.78, 5) is 19.5. The van der Waals surface area contributed by atoms with Crippen LogP contribution in [0.3, 0.4) is 0 Å². The molecule has 0 aliphatic carbocycles. The molecular weight excluding hydrogens is 342 g/mol. The van der Waals surface area contributed by atoms with E-state index in [-0.39, 0.29) is 11.8 Å². The van der Waals surface area contributed by atoms with Gasteiger partial charge in [-0.2, -0.15) is 0 Å². The standard InChI is InChI=1S/C21H23N3OS/c1-15-4-6-16(7-5-15)13-23-21(25)17-3-2-11-24(14-17)20-18-9-12-26-19(18)8-10-22-20/h4-10,12,17H,2-3,11,13-14H2,1H3,(H,23,25). The SMILES string of the molecule is Cc1ccc(CNC(=O)C2CCCN(c3nccc4sccc34)C2)cc1. The highest BCUT2D eigenvalue weighted by atomic mass is 32.1. The fourth-order valence-corrected chi connectivity index (χ4v) is 4.33. The van der Waals surface area contributed by atoms with Crippen LogP contribution >= 0.6 is 11.3 Å². The molecule has 3 heterocycles. The monoisotopic (exact) mass is 365 g/mol. The third kappa shape index (κ3) is 3.58. The molecule has 1 saturated heterocycles. The van der Waals surface area contributed by atoms with Crippen LogP contribution in [0.1, 0.15) is 24.0 Å². The number of aromatic nitrogens is 1. The Hall–Kier alpha value is -2.40. The molecule has 0 bridgehead atoms. The molecule has 4 rings (SSSR count). The van der Waals surface area contributed by atoms with Crippen LogP contribution < -0.4 is 10.2 Å². The molecular formula is C21H23N3OS. The number of pyridine rings is 1. The topological polar surface area (TPSA) is 45.2 Å². The second kappa shape index (κ2) is 7.46. The normalized spacial score (nSPS) is 17.4. The van der Waals surface area contributed by atoms with E-state index in [1.165, 1.54) is 15.6 Å². The van der Waals surface area contributed by atoms with Crippen molar-refractivity contribution in [2.75, 3.05) is 18.0 Å². The largest absolute Gasteiger partial charge is 0.355 e. The Kier molecular flexibility index (Phi) is 4.89. The number of aryl methyl sites for hydroxylation is 1. The molecule has 0 radical (unpaired) electrons. The lowest BCUT2D eigenvalue weighted by Gasteiger charge is -2.33. The van der Waals surface area contributed by atoms with E-state index in [1.807, 2.05) is 6.20 Å². The van der Waals surface area contributed by atoms with Crippen molar-refractivity contribution in [1.82, 2.24) is 10.3 Å². The third-order valence-corrected chi connectivity index (χ3v) is 5.92. The molecule has 2 aromatic heterocycles. The molecule has 1 aliphatic heterocycles. The summed E-state index contributed by atoms with van der Waals surface area (Å²) in [5.74, 6) is 1.18. The smallest absolute Gasteiger partial charge is 0.225 e. The summed E-state index contributed by atoms with van der Waals surface area (Å²) in [6, 6.07) is 12.5. The van der Waals surface area contributed by atoms with Crippen LogP contribution in [0.25, 0.3) is 10.1 Å². The summed E-state index contributed by atoms with van der Waals surface area (Å²) in [6.45, 7) is 4.36. The summed E-state index contributed by atoms with van der Waals surface area (Å²) >= 11 is 1.73. The van der Waals surface area contributed by atoms with Gasteiger partial charge in [0.1, 0.15) is 5.82 Å². The molecule has 134 valence electrons. The van der Waals surface area contributed by atoms with Crippen molar-refractivity contribution in [3.05, 3.63) is 59.1 Å². The third-order valence-electron chi connectivity index (χ3n) is 5.04. The van der Waals surface area contributed by atoms with Gasteiger partial charge in [-0.15, -0.1) is 11.3 Å². The Morgan fingerprint density at radius 1 is 1.27 bits per heavy atom. The van der Waals surface area contributed by atoms with Crippen LogP contribution in [0, 0.1) is 12.8 Å². The lowest BCUT2D eigenvalue weighted by atomic mass is 9.96. The van der Waals surface area contributed by atoms with Crippen molar-refractivity contribution < 1.29 is 4.79 Å². The molecule has 0 saturated carbocycles. The van der Waals surface area contributed by atoms with Gasteiger partial charge in [0.25, 0.3) is 0 Å². The van der Waals surface area contributed by atoms with Crippen LogP contribution in [0.4, 0.5) is 5.82 Å². The van der Waals surface area contributed by atoms with Crippen LogP contribution in [0.15, 0.2) is 48.0 Å². The van der Waals surface area contributed by atoms with Crippen molar-refractivity contribution >= 4 is 33.1 Å². The van der Waals surface area contributed by atoms with Crippen LogP contribution in [0.2, 0.25) is 0 Å².